The smallest absolute Gasteiger partial charge is 0.338 e. The second-order valence-corrected chi connectivity index (χ2v) is 5.58. The van der Waals surface area contributed by atoms with Gasteiger partial charge in [0.15, 0.2) is 18.1 Å². The highest BCUT2D eigenvalue weighted by molar-refractivity contribution is 5.96. The quantitative estimate of drug-likeness (QED) is 0.800. The van der Waals surface area contributed by atoms with Gasteiger partial charge in [-0.15, -0.1) is 0 Å². The van der Waals surface area contributed by atoms with Crippen molar-refractivity contribution in [3.8, 4) is 11.5 Å². The number of likely N-dealkylation sites (N-methyl/N-ethyl adjacent to an activating group) is 1. The van der Waals surface area contributed by atoms with Crippen molar-refractivity contribution in [3.63, 3.8) is 0 Å². The summed E-state index contributed by atoms with van der Waals surface area (Å²) in [6.45, 7) is 0.779. The van der Waals surface area contributed by atoms with Gasteiger partial charge in [0.25, 0.3) is 5.91 Å². The molecule has 0 spiro atoms. The highest BCUT2D eigenvalue weighted by Crippen LogP contribution is 2.30. The number of carbonyl (C=O) groups is 2. The van der Waals surface area contributed by atoms with E-state index in [-0.39, 0.29) is 12.5 Å². The number of ether oxygens (including phenoxy) is 3. The molecule has 0 fully saturated rings. The lowest BCUT2D eigenvalue weighted by atomic mass is 10.2. The van der Waals surface area contributed by atoms with Crippen LogP contribution in [0.15, 0.2) is 48.5 Å². The van der Waals surface area contributed by atoms with Crippen LogP contribution in [-0.2, 0) is 9.53 Å². The van der Waals surface area contributed by atoms with Crippen molar-refractivity contribution in [2.75, 3.05) is 31.8 Å². The number of esters is 1. The van der Waals surface area contributed by atoms with E-state index < -0.39 is 5.97 Å². The Bertz CT molecular complexity index is 760. The number of fused-ring (bicyclic) bond motifs is 1. The fourth-order valence-electron chi connectivity index (χ4n) is 2.39. The minimum absolute atomic E-state index is 0.311. The summed E-state index contributed by atoms with van der Waals surface area (Å²) < 4.78 is 16.2. The van der Waals surface area contributed by atoms with Crippen LogP contribution in [0.5, 0.6) is 11.5 Å². The Morgan fingerprint density at radius 3 is 2.52 bits per heavy atom. The molecule has 2 aromatic carbocycles. The van der Waals surface area contributed by atoms with Crippen molar-refractivity contribution in [1.29, 1.82) is 0 Å². The lowest BCUT2D eigenvalue weighted by molar-refractivity contribution is -0.121. The molecule has 1 amide bonds. The Morgan fingerprint density at radius 1 is 1.04 bits per heavy atom. The molecule has 0 aromatic heterocycles. The number of para-hydroxylation sites is 1. The van der Waals surface area contributed by atoms with E-state index in [9.17, 15) is 9.59 Å². The van der Waals surface area contributed by atoms with E-state index in [1.807, 2.05) is 30.3 Å². The van der Waals surface area contributed by atoms with Gasteiger partial charge in [0.1, 0.15) is 0 Å². The molecule has 0 saturated heterocycles. The number of amides is 1. The number of hydrogen-bond acceptors (Lipinski definition) is 5. The van der Waals surface area contributed by atoms with Crippen LogP contribution in [0, 0.1) is 0 Å². The van der Waals surface area contributed by atoms with Crippen LogP contribution >= 0.6 is 0 Å². The first-order valence-corrected chi connectivity index (χ1v) is 8.03. The summed E-state index contributed by atoms with van der Waals surface area (Å²) in [6, 6.07) is 14.0. The molecular formula is C19H19NO5. The Morgan fingerprint density at radius 2 is 1.76 bits per heavy atom. The van der Waals surface area contributed by atoms with Gasteiger partial charge < -0.3 is 19.1 Å². The molecule has 25 heavy (non-hydrogen) atoms. The van der Waals surface area contributed by atoms with E-state index in [1.165, 1.54) is 4.90 Å². The van der Waals surface area contributed by atoms with Gasteiger partial charge in [-0.05, 0) is 30.3 Å². The number of rotatable bonds is 4. The molecule has 1 heterocycles. The molecule has 3 rings (SSSR count). The molecule has 6 heteroatoms. The minimum Gasteiger partial charge on any atom is -0.490 e. The van der Waals surface area contributed by atoms with Gasteiger partial charge in [0.05, 0.1) is 18.8 Å². The summed E-state index contributed by atoms with van der Waals surface area (Å²) in [4.78, 5) is 25.8. The van der Waals surface area contributed by atoms with Crippen LogP contribution in [0.2, 0.25) is 0 Å². The molecule has 0 atom stereocenters. The van der Waals surface area contributed by atoms with Gasteiger partial charge in [-0.2, -0.15) is 0 Å². The second-order valence-electron chi connectivity index (χ2n) is 5.58. The van der Waals surface area contributed by atoms with Gasteiger partial charge in [-0.25, -0.2) is 4.79 Å². The fourth-order valence-corrected chi connectivity index (χ4v) is 2.39. The Hall–Kier alpha value is -3.02. The number of anilines is 1. The maximum absolute atomic E-state index is 12.2. The maximum atomic E-state index is 12.2. The molecule has 0 aliphatic carbocycles. The summed E-state index contributed by atoms with van der Waals surface area (Å²) >= 11 is 0. The highest BCUT2D eigenvalue weighted by Gasteiger charge is 2.17. The molecule has 0 radical (unpaired) electrons. The summed E-state index contributed by atoms with van der Waals surface area (Å²) in [5, 5.41) is 0. The molecule has 130 valence electrons. The number of carbonyl (C=O) groups excluding carboxylic acids is 2. The average Bonchev–Trinajstić information content (AvgIpc) is 2.90. The highest BCUT2D eigenvalue weighted by atomic mass is 16.5. The first kappa shape index (κ1) is 16.8. The fraction of sp³-hybridized carbons (Fsp3) is 0.263. The van der Waals surface area contributed by atoms with Gasteiger partial charge in [-0.3, -0.25) is 4.79 Å². The molecule has 1 aliphatic heterocycles. The Labute approximate surface area is 145 Å². The maximum Gasteiger partial charge on any atom is 0.338 e. The molecule has 1 aliphatic rings. The molecule has 2 aromatic rings. The number of nitrogens with zero attached hydrogens (tertiary/aromatic N) is 1. The van der Waals surface area contributed by atoms with Crippen molar-refractivity contribution in [2.24, 2.45) is 0 Å². The number of benzene rings is 2. The molecule has 0 unspecified atom stereocenters. The lowest BCUT2D eigenvalue weighted by Gasteiger charge is -2.17. The zero-order valence-corrected chi connectivity index (χ0v) is 13.9. The third kappa shape index (κ3) is 4.09. The van der Waals surface area contributed by atoms with E-state index in [0.29, 0.717) is 30.3 Å². The van der Waals surface area contributed by atoms with Crippen LogP contribution in [0.25, 0.3) is 0 Å². The summed E-state index contributed by atoms with van der Waals surface area (Å²) in [7, 11) is 1.64. The minimum atomic E-state index is -0.578. The van der Waals surface area contributed by atoms with E-state index in [2.05, 4.69) is 0 Å². The van der Waals surface area contributed by atoms with E-state index >= 15 is 0 Å². The third-order valence-corrected chi connectivity index (χ3v) is 3.83. The molecule has 0 saturated carbocycles. The van der Waals surface area contributed by atoms with Crippen LogP contribution in [0.4, 0.5) is 5.69 Å². The van der Waals surface area contributed by atoms with Crippen molar-refractivity contribution in [3.05, 3.63) is 54.1 Å². The zero-order chi connectivity index (χ0) is 17.6. The monoisotopic (exact) mass is 341 g/mol. The van der Waals surface area contributed by atoms with Gasteiger partial charge in [0.2, 0.25) is 0 Å². The average molecular weight is 341 g/mol. The summed E-state index contributed by atoms with van der Waals surface area (Å²) in [5.74, 6) is 0.230. The first-order chi connectivity index (χ1) is 12.1. The Balaban J connectivity index is 1.61. The standard InChI is InChI=1S/C19H19NO5/c1-20(15-6-3-2-4-7-15)18(21)13-25-19(22)14-8-9-16-17(12-14)24-11-5-10-23-16/h2-4,6-9,12H,5,10-11,13H2,1H3. The summed E-state index contributed by atoms with van der Waals surface area (Å²) in [5.41, 5.74) is 1.05. The topological polar surface area (TPSA) is 65.1 Å². The number of hydrogen-bond donors (Lipinski definition) is 0. The Kier molecular flexibility index (Phi) is 5.18. The van der Waals surface area contributed by atoms with Crippen LogP contribution in [0.3, 0.4) is 0 Å². The lowest BCUT2D eigenvalue weighted by Crippen LogP contribution is -2.31. The van der Waals surface area contributed by atoms with E-state index in [1.54, 1.807) is 25.2 Å². The predicted molar refractivity (Wildman–Crippen MR) is 92.2 cm³/mol. The molecule has 0 N–H and O–H groups in total. The van der Waals surface area contributed by atoms with Crippen LogP contribution in [-0.4, -0.2) is 38.7 Å². The van der Waals surface area contributed by atoms with Gasteiger partial charge in [0, 0.05) is 19.2 Å². The van der Waals surface area contributed by atoms with Gasteiger partial charge >= 0.3 is 5.97 Å². The van der Waals surface area contributed by atoms with Crippen LogP contribution in [0.1, 0.15) is 16.8 Å². The van der Waals surface area contributed by atoms with Crippen molar-refractivity contribution in [2.45, 2.75) is 6.42 Å². The zero-order valence-electron chi connectivity index (χ0n) is 13.9. The van der Waals surface area contributed by atoms with Crippen molar-refractivity contribution >= 4 is 17.6 Å². The normalized spacial score (nSPS) is 12.8. The molecule has 6 nitrogen and oxygen atoms in total. The van der Waals surface area contributed by atoms with Crippen molar-refractivity contribution < 1.29 is 23.8 Å². The van der Waals surface area contributed by atoms with E-state index in [4.69, 9.17) is 14.2 Å². The molecular weight excluding hydrogens is 322 g/mol. The third-order valence-electron chi connectivity index (χ3n) is 3.83. The SMILES string of the molecule is CN(C(=O)COC(=O)c1ccc2c(c1)OCCCO2)c1ccccc1. The predicted octanol–water partition coefficient (Wildman–Crippen LogP) is 2.67. The first-order valence-electron chi connectivity index (χ1n) is 8.03. The van der Waals surface area contributed by atoms with E-state index in [0.717, 1.165) is 12.1 Å². The largest absolute Gasteiger partial charge is 0.490 e. The molecule has 0 bridgehead atoms. The van der Waals surface area contributed by atoms with Crippen LogP contribution < -0.4 is 14.4 Å². The summed E-state index contributed by atoms with van der Waals surface area (Å²) in [6.07, 6.45) is 0.786. The van der Waals surface area contributed by atoms with Crippen molar-refractivity contribution in [1.82, 2.24) is 0 Å². The second kappa shape index (κ2) is 7.70. The van der Waals surface area contributed by atoms with Gasteiger partial charge in [-0.1, -0.05) is 18.2 Å².